The van der Waals surface area contributed by atoms with Crippen LogP contribution in [0.1, 0.15) is 50.3 Å². The van der Waals surface area contributed by atoms with Crippen molar-refractivity contribution in [3.63, 3.8) is 0 Å². The Morgan fingerprint density at radius 3 is 2.95 bits per heavy atom. The molecule has 1 aromatic heterocycles. The molecule has 3 unspecified atom stereocenters. The lowest BCUT2D eigenvalue weighted by Crippen LogP contribution is -2.21. The molecule has 2 aliphatic heterocycles. The fourth-order valence-corrected chi connectivity index (χ4v) is 4.32. The van der Waals surface area contributed by atoms with Crippen molar-refractivity contribution in [2.45, 2.75) is 56.3 Å². The largest absolute Gasteiger partial charge is 0.377 e. The summed E-state index contributed by atoms with van der Waals surface area (Å²) in [5, 5.41) is 5.84. The van der Waals surface area contributed by atoms with E-state index in [0.717, 1.165) is 19.6 Å². The van der Waals surface area contributed by atoms with E-state index in [1.165, 1.54) is 48.6 Å². The maximum Gasteiger partial charge on any atom is 0.150 e. The van der Waals surface area contributed by atoms with Gasteiger partial charge in [-0.05, 0) is 56.2 Å². The van der Waals surface area contributed by atoms with E-state index < -0.39 is 0 Å². The van der Waals surface area contributed by atoms with Crippen LogP contribution in [0.25, 0.3) is 10.9 Å². The molecule has 0 N–H and O–H groups in total. The van der Waals surface area contributed by atoms with E-state index in [4.69, 9.17) is 9.47 Å². The van der Waals surface area contributed by atoms with Crippen LogP contribution in [0.2, 0.25) is 0 Å². The molecule has 5 rings (SSSR count). The average Bonchev–Trinajstić information content (AvgIpc) is 3.19. The Kier molecular flexibility index (Phi) is 2.86. The predicted octanol–water partition coefficient (Wildman–Crippen LogP) is 3.56. The molecule has 3 atom stereocenters. The van der Waals surface area contributed by atoms with Crippen LogP contribution in [0.5, 0.6) is 0 Å². The molecule has 0 bridgehead atoms. The molecule has 1 aliphatic carbocycles. The van der Waals surface area contributed by atoms with Gasteiger partial charge >= 0.3 is 0 Å². The van der Waals surface area contributed by atoms with E-state index in [1.54, 1.807) is 0 Å². The first kappa shape index (κ1) is 13.1. The third-order valence-corrected chi connectivity index (χ3v) is 5.69. The predicted molar refractivity (Wildman–Crippen MR) is 83.8 cm³/mol. The highest BCUT2D eigenvalue weighted by Gasteiger charge is 2.57. The quantitative estimate of drug-likeness (QED) is 0.850. The lowest BCUT2D eigenvalue weighted by molar-refractivity contribution is -0.0366. The Morgan fingerprint density at radius 2 is 2.09 bits per heavy atom. The number of nitrogens with zero attached hydrogens (tertiary/aromatic N) is 2. The van der Waals surface area contributed by atoms with Crippen LogP contribution in [0.3, 0.4) is 0 Å². The van der Waals surface area contributed by atoms with Gasteiger partial charge in [0.05, 0.1) is 17.8 Å². The van der Waals surface area contributed by atoms with E-state index in [2.05, 4.69) is 28.0 Å². The molecule has 2 aromatic rings. The molecule has 116 valence electrons. The second-order valence-corrected chi connectivity index (χ2v) is 7.01. The summed E-state index contributed by atoms with van der Waals surface area (Å²) in [5.41, 5.74) is 2.94. The second kappa shape index (κ2) is 4.80. The summed E-state index contributed by atoms with van der Waals surface area (Å²) in [5.74, 6) is 0. The zero-order valence-corrected chi connectivity index (χ0v) is 12.8. The third kappa shape index (κ3) is 1.87. The fourth-order valence-electron chi connectivity index (χ4n) is 4.32. The first-order valence-electron chi connectivity index (χ1n) is 8.58. The van der Waals surface area contributed by atoms with Gasteiger partial charge in [-0.2, -0.15) is 5.10 Å². The van der Waals surface area contributed by atoms with Crippen LogP contribution >= 0.6 is 0 Å². The molecule has 1 saturated carbocycles. The highest BCUT2D eigenvalue weighted by molar-refractivity contribution is 5.80. The number of ether oxygens (including phenoxy) is 2. The summed E-state index contributed by atoms with van der Waals surface area (Å²) >= 11 is 0. The van der Waals surface area contributed by atoms with Gasteiger partial charge in [0.2, 0.25) is 0 Å². The van der Waals surface area contributed by atoms with Crippen molar-refractivity contribution in [3.8, 4) is 0 Å². The molecule has 3 fully saturated rings. The van der Waals surface area contributed by atoms with E-state index in [9.17, 15) is 0 Å². The molecule has 0 spiro atoms. The lowest BCUT2D eigenvalue weighted by atomic mass is 9.89. The summed E-state index contributed by atoms with van der Waals surface area (Å²) in [6.45, 7) is 1.79. The minimum Gasteiger partial charge on any atom is -0.377 e. The van der Waals surface area contributed by atoms with Crippen molar-refractivity contribution in [3.05, 3.63) is 30.0 Å². The van der Waals surface area contributed by atoms with E-state index in [1.807, 2.05) is 6.20 Å². The Labute approximate surface area is 130 Å². The van der Waals surface area contributed by atoms with Crippen molar-refractivity contribution in [1.29, 1.82) is 0 Å². The molecule has 4 heteroatoms. The summed E-state index contributed by atoms with van der Waals surface area (Å²) < 4.78 is 13.8. The standard InChI is InChI=1S/C18H22N2O2/c1-2-8-22-17(4-1)20-15-6-5-14(10-13(15)12-19-20)18-7-3-9-21-16(18)11-18/h5-6,10,12,16-17H,1-4,7-9,11H2. The molecule has 2 saturated heterocycles. The lowest BCUT2D eigenvalue weighted by Gasteiger charge is -2.24. The number of hydrogen-bond donors (Lipinski definition) is 0. The number of rotatable bonds is 2. The van der Waals surface area contributed by atoms with Crippen LogP contribution in [0.4, 0.5) is 0 Å². The smallest absolute Gasteiger partial charge is 0.150 e. The summed E-state index contributed by atoms with van der Waals surface area (Å²) in [7, 11) is 0. The van der Waals surface area contributed by atoms with Gasteiger partial charge in [-0.15, -0.1) is 0 Å². The van der Waals surface area contributed by atoms with E-state index in [0.29, 0.717) is 11.5 Å². The van der Waals surface area contributed by atoms with Crippen LogP contribution in [-0.2, 0) is 14.9 Å². The Bertz CT molecular complexity index is 704. The van der Waals surface area contributed by atoms with Gasteiger partial charge < -0.3 is 9.47 Å². The van der Waals surface area contributed by atoms with Gasteiger partial charge in [0.25, 0.3) is 0 Å². The first-order chi connectivity index (χ1) is 10.9. The Balaban J connectivity index is 1.50. The monoisotopic (exact) mass is 298 g/mol. The zero-order valence-electron chi connectivity index (χ0n) is 12.8. The van der Waals surface area contributed by atoms with Crippen LogP contribution in [0, 0.1) is 0 Å². The van der Waals surface area contributed by atoms with Gasteiger partial charge in [0, 0.05) is 24.0 Å². The molecule has 0 radical (unpaired) electrons. The summed E-state index contributed by atoms with van der Waals surface area (Å²) in [6, 6.07) is 6.85. The second-order valence-electron chi connectivity index (χ2n) is 7.01. The van der Waals surface area contributed by atoms with Gasteiger partial charge in [-0.1, -0.05) is 6.07 Å². The topological polar surface area (TPSA) is 36.3 Å². The normalized spacial score (nSPS) is 34.5. The third-order valence-electron chi connectivity index (χ3n) is 5.69. The summed E-state index contributed by atoms with van der Waals surface area (Å²) in [4.78, 5) is 0. The highest BCUT2D eigenvalue weighted by atomic mass is 16.5. The number of hydrogen-bond acceptors (Lipinski definition) is 3. The molecule has 22 heavy (non-hydrogen) atoms. The average molecular weight is 298 g/mol. The van der Waals surface area contributed by atoms with Gasteiger partial charge in [-0.25, -0.2) is 4.68 Å². The zero-order chi connectivity index (χ0) is 14.6. The molecule has 0 amide bonds. The van der Waals surface area contributed by atoms with Gasteiger partial charge in [0.15, 0.2) is 6.23 Å². The first-order valence-corrected chi connectivity index (χ1v) is 8.58. The minimum atomic E-state index is 0.113. The highest BCUT2D eigenvalue weighted by Crippen LogP contribution is 2.56. The number of aromatic nitrogens is 2. The van der Waals surface area contributed by atoms with Crippen LogP contribution in [-0.4, -0.2) is 29.1 Å². The molecule has 3 heterocycles. The van der Waals surface area contributed by atoms with E-state index in [-0.39, 0.29) is 6.23 Å². The maximum atomic E-state index is 5.89. The SMILES string of the molecule is c1cc2c(cnn2C2CCCCO2)cc1C12CCCOC1C2. The molecule has 4 nitrogen and oxygen atoms in total. The van der Waals surface area contributed by atoms with Crippen molar-refractivity contribution in [1.82, 2.24) is 9.78 Å². The summed E-state index contributed by atoms with van der Waals surface area (Å²) in [6.07, 6.45) is 9.67. The van der Waals surface area contributed by atoms with Crippen LogP contribution in [0.15, 0.2) is 24.4 Å². The van der Waals surface area contributed by atoms with Gasteiger partial charge in [0.1, 0.15) is 0 Å². The fraction of sp³-hybridized carbons (Fsp3) is 0.611. The minimum absolute atomic E-state index is 0.113. The molecular formula is C18H22N2O2. The number of fused-ring (bicyclic) bond motifs is 2. The Morgan fingerprint density at radius 1 is 1.14 bits per heavy atom. The van der Waals surface area contributed by atoms with Crippen molar-refractivity contribution in [2.75, 3.05) is 13.2 Å². The molecule has 1 aromatic carbocycles. The van der Waals surface area contributed by atoms with Gasteiger partial charge in [-0.3, -0.25) is 0 Å². The number of benzene rings is 1. The van der Waals surface area contributed by atoms with E-state index >= 15 is 0 Å². The van der Waals surface area contributed by atoms with Crippen molar-refractivity contribution < 1.29 is 9.47 Å². The van der Waals surface area contributed by atoms with Crippen molar-refractivity contribution in [2.24, 2.45) is 0 Å². The molecule has 3 aliphatic rings. The Hall–Kier alpha value is -1.39. The molecular weight excluding hydrogens is 276 g/mol. The van der Waals surface area contributed by atoms with Crippen molar-refractivity contribution >= 4 is 10.9 Å². The van der Waals surface area contributed by atoms with Crippen LogP contribution < -0.4 is 0 Å². The maximum absolute atomic E-state index is 5.89.